The third-order valence-electron chi connectivity index (χ3n) is 4.81. The standard InChI is InChI=1S/C22H23ClN4OS/c1-15-14-25-21(26-22(15)29-20-7-4-17(24)13-19(20)23)12-16-2-5-18(6-3-16)27-8-10-28-11-9-27/h2-7,13-14H,8-12,24H2,1H3. The summed E-state index contributed by atoms with van der Waals surface area (Å²) in [4.78, 5) is 12.6. The van der Waals surface area contributed by atoms with Crippen LogP contribution in [0.4, 0.5) is 11.4 Å². The van der Waals surface area contributed by atoms with E-state index in [-0.39, 0.29) is 0 Å². The number of aryl methyl sites for hydroxylation is 1. The largest absolute Gasteiger partial charge is 0.399 e. The molecule has 29 heavy (non-hydrogen) atoms. The van der Waals surface area contributed by atoms with Crippen LogP contribution >= 0.6 is 23.4 Å². The SMILES string of the molecule is Cc1cnc(Cc2ccc(N3CCOCC3)cc2)nc1Sc1ccc(N)cc1Cl. The van der Waals surface area contributed by atoms with Crippen molar-refractivity contribution in [3.63, 3.8) is 0 Å². The number of morpholine rings is 1. The first kappa shape index (κ1) is 20.0. The summed E-state index contributed by atoms with van der Waals surface area (Å²) in [6.45, 7) is 5.46. The zero-order valence-electron chi connectivity index (χ0n) is 16.3. The van der Waals surface area contributed by atoms with Crippen molar-refractivity contribution in [3.8, 4) is 0 Å². The van der Waals surface area contributed by atoms with Crippen molar-refractivity contribution >= 4 is 34.7 Å². The Kier molecular flexibility index (Phi) is 6.23. The van der Waals surface area contributed by atoms with E-state index < -0.39 is 0 Å². The van der Waals surface area contributed by atoms with Crippen LogP contribution in [0.3, 0.4) is 0 Å². The number of nitrogens with two attached hydrogens (primary N) is 1. The second-order valence-corrected chi connectivity index (χ2v) is 8.45. The Bertz CT molecular complexity index is 991. The van der Waals surface area contributed by atoms with Gasteiger partial charge in [0.1, 0.15) is 10.9 Å². The van der Waals surface area contributed by atoms with Crippen molar-refractivity contribution in [2.24, 2.45) is 0 Å². The Labute approximate surface area is 180 Å². The van der Waals surface area contributed by atoms with Crippen LogP contribution in [-0.4, -0.2) is 36.3 Å². The number of hydrogen-bond donors (Lipinski definition) is 1. The molecule has 7 heteroatoms. The number of nitrogens with zero attached hydrogens (tertiary/aromatic N) is 3. The van der Waals surface area contributed by atoms with Gasteiger partial charge in [-0.15, -0.1) is 0 Å². The van der Waals surface area contributed by atoms with Gasteiger partial charge in [-0.1, -0.05) is 35.5 Å². The predicted octanol–water partition coefficient (Wildman–Crippen LogP) is 4.60. The van der Waals surface area contributed by atoms with Crippen LogP contribution in [0.5, 0.6) is 0 Å². The van der Waals surface area contributed by atoms with Crippen LogP contribution in [0, 0.1) is 6.92 Å². The van der Waals surface area contributed by atoms with Gasteiger partial charge in [0.05, 0.1) is 18.2 Å². The summed E-state index contributed by atoms with van der Waals surface area (Å²) in [6, 6.07) is 14.2. The minimum atomic E-state index is 0.633. The third kappa shape index (κ3) is 5.01. The number of hydrogen-bond acceptors (Lipinski definition) is 6. The average molecular weight is 427 g/mol. The molecule has 2 heterocycles. The Balaban J connectivity index is 1.48. The Morgan fingerprint density at radius 3 is 2.62 bits per heavy atom. The maximum absolute atomic E-state index is 6.32. The molecule has 0 saturated carbocycles. The monoisotopic (exact) mass is 426 g/mol. The van der Waals surface area contributed by atoms with E-state index in [1.165, 1.54) is 23.0 Å². The number of benzene rings is 2. The van der Waals surface area contributed by atoms with E-state index in [1.54, 1.807) is 6.07 Å². The lowest BCUT2D eigenvalue weighted by molar-refractivity contribution is 0.122. The number of ether oxygens (including phenoxy) is 1. The van der Waals surface area contributed by atoms with Crippen molar-refractivity contribution in [1.29, 1.82) is 0 Å². The predicted molar refractivity (Wildman–Crippen MR) is 119 cm³/mol. The molecule has 1 saturated heterocycles. The lowest BCUT2D eigenvalue weighted by Gasteiger charge is -2.28. The first-order chi connectivity index (χ1) is 14.1. The summed E-state index contributed by atoms with van der Waals surface area (Å²) in [6.07, 6.45) is 2.56. The highest BCUT2D eigenvalue weighted by molar-refractivity contribution is 7.99. The third-order valence-corrected chi connectivity index (χ3v) is 6.42. The fraction of sp³-hybridized carbons (Fsp3) is 0.273. The zero-order valence-corrected chi connectivity index (χ0v) is 17.8. The van der Waals surface area contributed by atoms with Crippen LogP contribution in [-0.2, 0) is 11.2 Å². The van der Waals surface area contributed by atoms with Gasteiger partial charge in [0.15, 0.2) is 0 Å². The Hall–Kier alpha value is -2.28. The van der Waals surface area contributed by atoms with Gasteiger partial charge in [-0.3, -0.25) is 0 Å². The van der Waals surface area contributed by atoms with Gasteiger partial charge < -0.3 is 15.4 Å². The van der Waals surface area contributed by atoms with Crippen LogP contribution in [0.25, 0.3) is 0 Å². The van der Waals surface area contributed by atoms with Crippen molar-refractivity contribution in [3.05, 3.63) is 70.6 Å². The molecule has 0 atom stereocenters. The zero-order chi connectivity index (χ0) is 20.2. The molecule has 0 radical (unpaired) electrons. The van der Waals surface area contributed by atoms with Gasteiger partial charge in [0, 0.05) is 42.0 Å². The Morgan fingerprint density at radius 2 is 1.90 bits per heavy atom. The van der Waals surface area contributed by atoms with E-state index in [2.05, 4.69) is 34.1 Å². The average Bonchev–Trinajstić information content (AvgIpc) is 2.73. The Morgan fingerprint density at radius 1 is 1.14 bits per heavy atom. The van der Waals surface area contributed by atoms with E-state index >= 15 is 0 Å². The number of rotatable bonds is 5. The number of anilines is 2. The molecule has 5 nitrogen and oxygen atoms in total. The van der Waals surface area contributed by atoms with Crippen LogP contribution in [0.1, 0.15) is 17.0 Å². The summed E-state index contributed by atoms with van der Waals surface area (Å²) >= 11 is 7.86. The molecule has 1 aliphatic heterocycles. The molecule has 0 amide bonds. The van der Waals surface area contributed by atoms with Crippen LogP contribution in [0.2, 0.25) is 5.02 Å². The molecule has 2 N–H and O–H groups in total. The lowest BCUT2D eigenvalue weighted by Crippen LogP contribution is -2.36. The van der Waals surface area contributed by atoms with Gasteiger partial charge >= 0.3 is 0 Å². The summed E-state index contributed by atoms with van der Waals surface area (Å²) in [5.74, 6) is 0.795. The first-order valence-corrected chi connectivity index (χ1v) is 10.7. The summed E-state index contributed by atoms with van der Waals surface area (Å²) in [5.41, 5.74) is 9.89. The smallest absolute Gasteiger partial charge is 0.133 e. The first-order valence-electron chi connectivity index (χ1n) is 9.55. The molecule has 0 aliphatic carbocycles. The van der Waals surface area contributed by atoms with Crippen LogP contribution < -0.4 is 10.6 Å². The normalized spacial score (nSPS) is 14.2. The van der Waals surface area contributed by atoms with E-state index in [9.17, 15) is 0 Å². The molecule has 0 unspecified atom stereocenters. The van der Waals surface area contributed by atoms with E-state index in [0.717, 1.165) is 47.6 Å². The maximum atomic E-state index is 6.32. The highest BCUT2D eigenvalue weighted by Crippen LogP contribution is 2.34. The molecular weight excluding hydrogens is 404 g/mol. The minimum absolute atomic E-state index is 0.633. The molecule has 3 aromatic rings. The number of nitrogen functional groups attached to an aromatic ring is 1. The number of aromatic nitrogens is 2. The molecule has 1 fully saturated rings. The molecule has 0 spiro atoms. The summed E-state index contributed by atoms with van der Waals surface area (Å²) in [5, 5.41) is 1.54. The van der Waals surface area contributed by atoms with Crippen molar-refractivity contribution < 1.29 is 4.74 Å². The fourth-order valence-electron chi connectivity index (χ4n) is 3.18. The summed E-state index contributed by atoms with van der Waals surface area (Å²) in [7, 11) is 0. The molecule has 2 aromatic carbocycles. The second-order valence-electron chi connectivity index (χ2n) is 7.01. The minimum Gasteiger partial charge on any atom is -0.399 e. The van der Waals surface area contributed by atoms with Gasteiger partial charge in [-0.2, -0.15) is 0 Å². The van der Waals surface area contributed by atoms with Crippen molar-refractivity contribution in [2.75, 3.05) is 36.9 Å². The highest BCUT2D eigenvalue weighted by Gasteiger charge is 2.12. The summed E-state index contributed by atoms with van der Waals surface area (Å²) < 4.78 is 5.43. The van der Waals surface area contributed by atoms with Crippen LogP contribution in [0.15, 0.2) is 58.6 Å². The van der Waals surface area contributed by atoms with Crippen molar-refractivity contribution in [1.82, 2.24) is 9.97 Å². The van der Waals surface area contributed by atoms with Gasteiger partial charge in [-0.25, -0.2) is 9.97 Å². The topological polar surface area (TPSA) is 64.3 Å². The molecule has 150 valence electrons. The second kappa shape index (κ2) is 9.03. The fourth-order valence-corrected chi connectivity index (χ4v) is 4.35. The van der Waals surface area contributed by atoms with Gasteiger partial charge in [0.2, 0.25) is 0 Å². The van der Waals surface area contributed by atoms with Gasteiger partial charge in [0.25, 0.3) is 0 Å². The van der Waals surface area contributed by atoms with E-state index in [0.29, 0.717) is 17.1 Å². The van der Waals surface area contributed by atoms with Crippen molar-refractivity contribution in [2.45, 2.75) is 23.3 Å². The van der Waals surface area contributed by atoms with E-state index in [1.807, 2.05) is 25.3 Å². The van der Waals surface area contributed by atoms with E-state index in [4.69, 9.17) is 27.1 Å². The number of halogens is 1. The molecule has 1 aliphatic rings. The molecule has 0 bridgehead atoms. The molecule has 4 rings (SSSR count). The van der Waals surface area contributed by atoms with Gasteiger partial charge in [-0.05, 0) is 48.4 Å². The highest BCUT2D eigenvalue weighted by atomic mass is 35.5. The molecular formula is C22H23ClN4OS. The molecule has 1 aromatic heterocycles. The quantitative estimate of drug-likeness (QED) is 0.475. The maximum Gasteiger partial charge on any atom is 0.133 e. The lowest BCUT2D eigenvalue weighted by atomic mass is 10.1.